The van der Waals surface area contributed by atoms with E-state index >= 15 is 0 Å². The molecule has 0 aromatic heterocycles. The van der Waals surface area contributed by atoms with Gasteiger partial charge in [0.15, 0.2) is 16.3 Å². The van der Waals surface area contributed by atoms with E-state index in [0.717, 1.165) is 6.42 Å². The fourth-order valence-electron chi connectivity index (χ4n) is 0.856. The second kappa shape index (κ2) is 4.80. The Kier molecular flexibility index (Phi) is 4.82. The zero-order valence-corrected chi connectivity index (χ0v) is 7.97. The summed E-state index contributed by atoms with van der Waals surface area (Å²) in [6, 6.07) is 8.40. The van der Waals surface area contributed by atoms with Gasteiger partial charge < -0.3 is 0 Å². The van der Waals surface area contributed by atoms with E-state index in [0.29, 0.717) is 0 Å². The second-order valence-corrected chi connectivity index (χ2v) is 2.67. The van der Waals surface area contributed by atoms with Gasteiger partial charge in [0.05, 0.1) is 0 Å². The summed E-state index contributed by atoms with van der Waals surface area (Å²) in [5.41, 5.74) is 1.42. The summed E-state index contributed by atoms with van der Waals surface area (Å²) < 4.78 is 1.32. The Bertz CT molecular complexity index is 198. The van der Waals surface area contributed by atoms with Crippen molar-refractivity contribution in [2.45, 2.75) is 13.3 Å². The number of benzene rings is 1. The molecule has 0 aliphatic rings. The normalized spacial score (nSPS) is 8.50. The van der Waals surface area contributed by atoms with Crippen molar-refractivity contribution in [3.63, 3.8) is 0 Å². The molecule has 0 atom stereocenters. The molecule has 0 spiro atoms. The highest BCUT2D eigenvalue weighted by Gasteiger charge is 1.88. The molecule has 2 radical (unpaired) electrons. The maximum absolute atomic E-state index is 2.73. The van der Waals surface area contributed by atoms with Gasteiger partial charge in [-0.25, -0.2) is 0 Å². The predicted molar refractivity (Wildman–Crippen MR) is 48.5 cm³/mol. The lowest BCUT2D eigenvalue weighted by molar-refractivity contribution is 1.15. The average molecular weight is 169 g/mol. The third kappa shape index (κ3) is 2.34. The van der Waals surface area contributed by atoms with E-state index in [9.17, 15) is 0 Å². The molecular weight excluding hydrogens is 159 g/mol. The molecule has 0 saturated carbocycles. The molecule has 10 heavy (non-hydrogen) atoms. The molecule has 0 unspecified atom stereocenters. The van der Waals surface area contributed by atoms with Crippen LogP contribution in [-0.4, -0.2) is 16.3 Å². The highest BCUT2D eigenvalue weighted by atomic mass is 35.5. The number of halogens is 1. The lowest BCUT2D eigenvalue weighted by Gasteiger charge is -2.00. The van der Waals surface area contributed by atoms with Gasteiger partial charge in [0.25, 0.3) is 0 Å². The van der Waals surface area contributed by atoms with Gasteiger partial charge in [-0.3, -0.25) is 0 Å². The van der Waals surface area contributed by atoms with Gasteiger partial charge in [0, 0.05) is 0 Å². The van der Waals surface area contributed by atoms with Crippen molar-refractivity contribution >= 4 is 33.1 Å². The zero-order chi connectivity index (χ0) is 6.69. The second-order valence-electron chi connectivity index (χ2n) is 2.05. The van der Waals surface area contributed by atoms with E-state index in [1.54, 1.807) is 0 Å². The first-order valence-electron chi connectivity index (χ1n) is 3.18. The minimum absolute atomic E-state index is 0. The molecule has 0 heterocycles. The SMILES string of the molecule is CCc1cccc[c]1[Al].Cl. The van der Waals surface area contributed by atoms with E-state index in [4.69, 9.17) is 0 Å². The molecule has 1 aromatic carbocycles. The summed E-state index contributed by atoms with van der Waals surface area (Å²) in [6.07, 6.45) is 1.12. The first kappa shape index (κ1) is 10.0. The fraction of sp³-hybridized carbons (Fsp3) is 0.250. The summed E-state index contributed by atoms with van der Waals surface area (Å²) in [6.45, 7) is 2.17. The lowest BCUT2D eigenvalue weighted by atomic mass is 10.2. The van der Waals surface area contributed by atoms with Crippen LogP contribution in [0.1, 0.15) is 12.5 Å². The summed E-state index contributed by atoms with van der Waals surface area (Å²) in [5.74, 6) is 0. The van der Waals surface area contributed by atoms with Crippen LogP contribution in [0.3, 0.4) is 0 Å². The zero-order valence-electron chi connectivity index (χ0n) is 6.00. The topological polar surface area (TPSA) is 0 Å². The number of hydrogen-bond acceptors (Lipinski definition) is 0. The molecule has 1 rings (SSSR count). The Balaban J connectivity index is 0.000000810. The smallest absolute Gasteiger partial charge is 0.147 e. The predicted octanol–water partition coefficient (Wildman–Crippen LogP) is 1.46. The summed E-state index contributed by atoms with van der Waals surface area (Å²) in [7, 11) is 0. The minimum Gasteiger partial charge on any atom is -0.147 e. The molecule has 2 heteroatoms. The largest absolute Gasteiger partial charge is 0.176 e. The maximum atomic E-state index is 2.73. The van der Waals surface area contributed by atoms with Crippen LogP contribution in [0.4, 0.5) is 0 Å². The third-order valence-corrected chi connectivity index (χ3v) is 2.00. The van der Waals surface area contributed by atoms with Crippen molar-refractivity contribution in [2.75, 3.05) is 0 Å². The van der Waals surface area contributed by atoms with Crippen LogP contribution in [0.25, 0.3) is 0 Å². The van der Waals surface area contributed by atoms with Crippen LogP contribution in [0.2, 0.25) is 0 Å². The fourth-order valence-corrected chi connectivity index (χ4v) is 1.27. The van der Waals surface area contributed by atoms with Crippen LogP contribution in [0, 0.1) is 0 Å². The first-order chi connectivity index (χ1) is 4.34. The molecule has 52 valence electrons. The number of rotatable bonds is 1. The first-order valence-corrected chi connectivity index (χ1v) is 3.75. The standard InChI is InChI=1S/C8H9.Al.ClH/c1-2-8-6-4-3-5-7-8;;/h3-6H,2H2,1H3;;1H. The molecule has 0 saturated heterocycles. The molecule has 0 aliphatic carbocycles. The van der Waals surface area contributed by atoms with Gasteiger partial charge in [-0.15, -0.1) is 16.8 Å². The molecule has 0 nitrogen and oxygen atoms in total. The van der Waals surface area contributed by atoms with Gasteiger partial charge in [0.2, 0.25) is 0 Å². The highest BCUT2D eigenvalue weighted by molar-refractivity contribution is 6.33. The Morgan fingerprint density at radius 2 is 1.90 bits per heavy atom. The van der Waals surface area contributed by atoms with Crippen molar-refractivity contribution < 1.29 is 0 Å². The van der Waals surface area contributed by atoms with Crippen molar-refractivity contribution in [2.24, 2.45) is 0 Å². The van der Waals surface area contributed by atoms with E-state index in [2.05, 4.69) is 47.5 Å². The molecule has 0 N–H and O–H groups in total. The molecule has 1 aromatic rings. The van der Waals surface area contributed by atoms with Crippen molar-refractivity contribution in [3.05, 3.63) is 29.8 Å². The maximum Gasteiger partial charge on any atom is 0.176 e. The minimum atomic E-state index is 0. The Labute approximate surface area is 76.5 Å². The van der Waals surface area contributed by atoms with Gasteiger partial charge in [-0.2, -0.15) is 0 Å². The molecule has 0 fully saturated rings. The number of hydrogen-bond donors (Lipinski definition) is 0. The average Bonchev–Trinajstić information content (AvgIpc) is 1.89. The monoisotopic (exact) mass is 168 g/mol. The van der Waals surface area contributed by atoms with E-state index in [-0.39, 0.29) is 12.4 Å². The van der Waals surface area contributed by atoms with Gasteiger partial charge in [0.1, 0.15) is 0 Å². The van der Waals surface area contributed by atoms with Crippen LogP contribution in [0.15, 0.2) is 24.3 Å². The van der Waals surface area contributed by atoms with Crippen LogP contribution < -0.4 is 4.43 Å². The van der Waals surface area contributed by atoms with Gasteiger partial charge >= 0.3 is 0 Å². The van der Waals surface area contributed by atoms with Crippen LogP contribution >= 0.6 is 12.4 Å². The van der Waals surface area contributed by atoms with E-state index < -0.39 is 0 Å². The molecule has 0 bridgehead atoms. The van der Waals surface area contributed by atoms with Crippen molar-refractivity contribution in [3.8, 4) is 0 Å². The van der Waals surface area contributed by atoms with Gasteiger partial charge in [-0.05, 0) is 6.42 Å². The number of aryl methyl sites for hydroxylation is 1. The Hall–Kier alpha value is 0.0425. The van der Waals surface area contributed by atoms with E-state index in [1.165, 1.54) is 9.99 Å². The summed E-state index contributed by atoms with van der Waals surface area (Å²) in [4.78, 5) is 0. The molecular formula is C8H10AlCl. The molecule has 0 aliphatic heterocycles. The van der Waals surface area contributed by atoms with Crippen molar-refractivity contribution in [1.29, 1.82) is 0 Å². The summed E-state index contributed by atoms with van der Waals surface area (Å²) in [5, 5.41) is 0. The van der Waals surface area contributed by atoms with Gasteiger partial charge in [-0.1, -0.05) is 36.8 Å². The lowest BCUT2D eigenvalue weighted by Crippen LogP contribution is -2.07. The molecule has 0 amide bonds. The van der Waals surface area contributed by atoms with E-state index in [1.807, 2.05) is 0 Å². The third-order valence-electron chi connectivity index (χ3n) is 1.44. The van der Waals surface area contributed by atoms with Crippen molar-refractivity contribution in [1.82, 2.24) is 0 Å². The summed E-state index contributed by atoms with van der Waals surface area (Å²) >= 11 is 2.73. The van der Waals surface area contributed by atoms with Crippen LogP contribution in [-0.2, 0) is 6.42 Å². The quantitative estimate of drug-likeness (QED) is 0.557. The highest BCUT2D eigenvalue weighted by Crippen LogP contribution is 1.93. The van der Waals surface area contributed by atoms with Crippen LogP contribution in [0.5, 0.6) is 0 Å². The Morgan fingerprint density at radius 1 is 1.30 bits per heavy atom. The Morgan fingerprint density at radius 3 is 2.30 bits per heavy atom.